The number of methoxy groups -OCH3 is 2. The van der Waals surface area contributed by atoms with Gasteiger partial charge in [-0.25, -0.2) is 9.59 Å². The minimum absolute atomic E-state index is 0.00253. The maximum atomic E-state index is 11.9. The molecule has 0 radical (unpaired) electrons. The van der Waals surface area contributed by atoms with Crippen molar-refractivity contribution in [2.24, 2.45) is 0 Å². The molecule has 1 N–H and O–H groups in total. The van der Waals surface area contributed by atoms with E-state index in [1.54, 1.807) is 0 Å². The number of ether oxygens (including phenoxy) is 2. The van der Waals surface area contributed by atoms with Crippen molar-refractivity contribution in [2.75, 3.05) is 19.5 Å². The Balaban J connectivity index is 2.40. The number of carbonyl (C=O) groups excluding carboxylic acids is 2. The molecule has 0 heterocycles. The number of carbonyl (C=O) groups is 2. The van der Waals surface area contributed by atoms with Crippen LogP contribution in [0.5, 0.6) is 0 Å². The molecule has 0 atom stereocenters. The first-order chi connectivity index (χ1) is 11.2. The molecule has 0 fully saturated rings. The summed E-state index contributed by atoms with van der Waals surface area (Å²) in [5.41, 5.74) is 2.56. The van der Waals surface area contributed by atoms with Crippen LogP contribution < -0.4 is 5.32 Å². The van der Waals surface area contributed by atoms with Crippen molar-refractivity contribution < 1.29 is 19.1 Å². The Kier molecular flexibility index (Phi) is 5.52. The van der Waals surface area contributed by atoms with E-state index in [1.807, 2.05) is 54.6 Å². The lowest BCUT2D eigenvalue weighted by atomic mass is 10.0. The summed E-state index contributed by atoms with van der Waals surface area (Å²) in [6, 6.07) is 17.2. The molecule has 0 aromatic heterocycles. The number of benzene rings is 2. The number of para-hydroxylation sites is 1. The first-order valence-electron chi connectivity index (χ1n) is 6.95. The lowest BCUT2D eigenvalue weighted by molar-refractivity contribution is -0.138. The molecule has 2 aromatic rings. The molecule has 0 aliphatic rings. The maximum Gasteiger partial charge on any atom is 0.354 e. The Labute approximate surface area is 134 Å². The monoisotopic (exact) mass is 311 g/mol. The Morgan fingerprint density at radius 3 is 2.22 bits per heavy atom. The smallest absolute Gasteiger partial charge is 0.354 e. The van der Waals surface area contributed by atoms with Crippen LogP contribution in [0.1, 0.15) is 0 Å². The van der Waals surface area contributed by atoms with Gasteiger partial charge in [0.2, 0.25) is 0 Å². The number of hydrogen-bond donors (Lipinski definition) is 1. The molecule has 0 spiro atoms. The number of nitrogens with one attached hydrogen (secondary N) is 1. The molecule has 2 aromatic carbocycles. The minimum atomic E-state index is -0.654. The van der Waals surface area contributed by atoms with Gasteiger partial charge in [0.1, 0.15) is 5.70 Å². The van der Waals surface area contributed by atoms with E-state index in [2.05, 4.69) is 10.1 Å². The fourth-order valence-electron chi connectivity index (χ4n) is 2.04. The highest BCUT2D eigenvalue weighted by Crippen LogP contribution is 2.28. The lowest BCUT2D eigenvalue weighted by Crippen LogP contribution is -2.15. The van der Waals surface area contributed by atoms with Crippen LogP contribution in [0.15, 0.2) is 66.4 Å². The molecule has 0 unspecified atom stereocenters. The second-order valence-electron chi connectivity index (χ2n) is 4.61. The van der Waals surface area contributed by atoms with Crippen molar-refractivity contribution in [2.45, 2.75) is 0 Å². The molecule has 5 nitrogen and oxygen atoms in total. The fraction of sp³-hybridized carbons (Fsp3) is 0.111. The van der Waals surface area contributed by atoms with Gasteiger partial charge in [-0.2, -0.15) is 0 Å². The van der Waals surface area contributed by atoms with E-state index >= 15 is 0 Å². The van der Waals surface area contributed by atoms with Gasteiger partial charge < -0.3 is 14.8 Å². The molecular weight excluding hydrogens is 294 g/mol. The molecule has 0 aliphatic heterocycles. The van der Waals surface area contributed by atoms with Crippen LogP contribution in [0.2, 0.25) is 0 Å². The summed E-state index contributed by atoms with van der Waals surface area (Å²) < 4.78 is 9.26. The van der Waals surface area contributed by atoms with Gasteiger partial charge in [0, 0.05) is 11.3 Å². The molecule has 0 bridgehead atoms. The number of rotatable bonds is 5. The highest BCUT2D eigenvalue weighted by atomic mass is 16.5. The standard InChI is InChI=1S/C18H17NO4/c1-22-17(20)12-16(18(21)23-2)19-15-11-7-6-10-14(15)13-8-4-3-5-9-13/h3-12,19H,1-2H3/b16-12+. The minimum Gasteiger partial charge on any atom is -0.466 e. The summed E-state index contributed by atoms with van der Waals surface area (Å²) in [6.07, 6.45) is 1.06. The van der Waals surface area contributed by atoms with E-state index in [1.165, 1.54) is 14.2 Å². The summed E-state index contributed by atoms with van der Waals surface area (Å²) in [5, 5.41) is 2.95. The molecular formula is C18H17NO4. The fourth-order valence-corrected chi connectivity index (χ4v) is 2.04. The van der Waals surface area contributed by atoms with Gasteiger partial charge in [0.05, 0.1) is 20.3 Å². The molecule has 0 saturated carbocycles. The Morgan fingerprint density at radius 1 is 0.913 bits per heavy atom. The van der Waals surface area contributed by atoms with Gasteiger partial charge in [0.25, 0.3) is 0 Å². The van der Waals surface area contributed by atoms with Gasteiger partial charge in [-0.1, -0.05) is 48.5 Å². The third-order valence-corrected chi connectivity index (χ3v) is 3.15. The molecule has 0 saturated heterocycles. The van der Waals surface area contributed by atoms with Gasteiger partial charge >= 0.3 is 11.9 Å². The van der Waals surface area contributed by atoms with Crippen LogP contribution >= 0.6 is 0 Å². The van der Waals surface area contributed by atoms with Crippen molar-refractivity contribution in [3.63, 3.8) is 0 Å². The molecule has 118 valence electrons. The second-order valence-corrected chi connectivity index (χ2v) is 4.61. The normalized spacial score (nSPS) is 10.8. The number of esters is 2. The van der Waals surface area contributed by atoms with Crippen molar-refractivity contribution in [1.29, 1.82) is 0 Å². The van der Waals surface area contributed by atoms with Gasteiger partial charge in [-0.15, -0.1) is 0 Å². The lowest BCUT2D eigenvalue weighted by Gasteiger charge is -2.13. The Morgan fingerprint density at radius 2 is 1.57 bits per heavy atom. The third-order valence-electron chi connectivity index (χ3n) is 3.15. The maximum absolute atomic E-state index is 11.9. The third kappa shape index (κ3) is 4.20. The number of anilines is 1. The van der Waals surface area contributed by atoms with E-state index in [0.29, 0.717) is 5.69 Å². The molecule has 2 rings (SSSR count). The largest absolute Gasteiger partial charge is 0.466 e. The zero-order chi connectivity index (χ0) is 16.7. The van der Waals surface area contributed by atoms with E-state index in [-0.39, 0.29) is 5.70 Å². The summed E-state index contributed by atoms with van der Waals surface area (Å²) in [5.74, 6) is -1.30. The summed E-state index contributed by atoms with van der Waals surface area (Å²) in [6.45, 7) is 0. The predicted molar refractivity (Wildman–Crippen MR) is 87.6 cm³/mol. The first kappa shape index (κ1) is 16.3. The average Bonchev–Trinajstić information content (AvgIpc) is 2.61. The average molecular weight is 311 g/mol. The Bertz CT molecular complexity index is 723. The van der Waals surface area contributed by atoms with E-state index in [4.69, 9.17) is 4.74 Å². The van der Waals surface area contributed by atoms with Crippen LogP contribution in [0.3, 0.4) is 0 Å². The van der Waals surface area contributed by atoms with Crippen LogP contribution in [0, 0.1) is 0 Å². The molecule has 5 heteroatoms. The quantitative estimate of drug-likeness (QED) is 0.679. The van der Waals surface area contributed by atoms with Crippen molar-refractivity contribution in [3.05, 3.63) is 66.4 Å². The summed E-state index contributed by atoms with van der Waals surface area (Å²) >= 11 is 0. The molecule has 0 amide bonds. The van der Waals surface area contributed by atoms with Crippen LogP contribution in [-0.2, 0) is 19.1 Å². The van der Waals surface area contributed by atoms with Crippen LogP contribution in [-0.4, -0.2) is 26.2 Å². The molecule has 0 aliphatic carbocycles. The van der Waals surface area contributed by atoms with Gasteiger partial charge in [0.15, 0.2) is 0 Å². The van der Waals surface area contributed by atoms with Crippen molar-refractivity contribution in [3.8, 4) is 11.1 Å². The van der Waals surface area contributed by atoms with Crippen molar-refractivity contribution >= 4 is 17.6 Å². The second kappa shape index (κ2) is 7.79. The van der Waals surface area contributed by atoms with Gasteiger partial charge in [-0.3, -0.25) is 0 Å². The zero-order valence-electron chi connectivity index (χ0n) is 12.9. The van der Waals surface area contributed by atoms with Crippen LogP contribution in [0.25, 0.3) is 11.1 Å². The van der Waals surface area contributed by atoms with E-state index < -0.39 is 11.9 Å². The predicted octanol–water partition coefficient (Wildman–Crippen LogP) is 3.00. The zero-order valence-corrected chi connectivity index (χ0v) is 12.9. The first-order valence-corrected chi connectivity index (χ1v) is 6.95. The van der Waals surface area contributed by atoms with E-state index in [9.17, 15) is 9.59 Å². The summed E-state index contributed by atoms with van der Waals surface area (Å²) in [7, 11) is 2.49. The highest BCUT2D eigenvalue weighted by molar-refractivity contribution is 5.99. The van der Waals surface area contributed by atoms with Gasteiger partial charge in [-0.05, 0) is 11.6 Å². The SMILES string of the molecule is COC(=O)/C=C(/Nc1ccccc1-c1ccccc1)C(=O)OC. The number of hydrogen-bond acceptors (Lipinski definition) is 5. The molecule has 23 heavy (non-hydrogen) atoms. The topological polar surface area (TPSA) is 64.6 Å². The summed E-state index contributed by atoms with van der Waals surface area (Å²) in [4.78, 5) is 23.3. The van der Waals surface area contributed by atoms with E-state index in [0.717, 1.165) is 17.2 Å². The highest BCUT2D eigenvalue weighted by Gasteiger charge is 2.14. The Hall–Kier alpha value is -3.08. The van der Waals surface area contributed by atoms with Crippen LogP contribution in [0.4, 0.5) is 5.69 Å². The van der Waals surface area contributed by atoms with Crippen molar-refractivity contribution in [1.82, 2.24) is 0 Å².